The Labute approximate surface area is 163 Å². The predicted octanol–water partition coefficient (Wildman–Crippen LogP) is 4.52. The summed E-state index contributed by atoms with van der Waals surface area (Å²) in [5, 5.41) is 2.72. The number of hydrogen-bond donors (Lipinski definition) is 1. The van der Waals surface area contributed by atoms with Crippen LogP contribution >= 0.6 is 0 Å². The fourth-order valence-corrected chi connectivity index (χ4v) is 2.56. The lowest BCUT2D eigenvalue weighted by atomic mass is 10.0. The standard InChI is InChI=1S/C22H33NO4/c1-4-7-10-18(5-2)17-27-22(25)19-11-13-20(14-12-19)26-16-9-8-15-23-21(24)6-3/h6,11-14,18H,3-5,7-10,15-17H2,1-2H3,(H,23,24). The van der Waals surface area contributed by atoms with E-state index in [4.69, 9.17) is 9.47 Å². The van der Waals surface area contributed by atoms with Crippen molar-refractivity contribution in [1.29, 1.82) is 0 Å². The van der Waals surface area contributed by atoms with Gasteiger partial charge in [-0.15, -0.1) is 0 Å². The van der Waals surface area contributed by atoms with Crippen LogP contribution in [0, 0.1) is 5.92 Å². The fraction of sp³-hybridized carbons (Fsp3) is 0.545. The molecular weight excluding hydrogens is 342 g/mol. The SMILES string of the molecule is C=CC(=O)NCCCCOc1ccc(C(=O)OCC(CC)CCCC)cc1. The third kappa shape index (κ3) is 9.83. The van der Waals surface area contributed by atoms with Gasteiger partial charge in [0.2, 0.25) is 5.91 Å². The second kappa shape index (κ2) is 13.8. The second-order valence-corrected chi connectivity index (χ2v) is 6.59. The summed E-state index contributed by atoms with van der Waals surface area (Å²) in [6.07, 6.45) is 7.38. The first-order chi connectivity index (χ1) is 13.1. The quantitative estimate of drug-likeness (QED) is 0.295. The summed E-state index contributed by atoms with van der Waals surface area (Å²) in [5.41, 5.74) is 0.542. The Morgan fingerprint density at radius 3 is 2.52 bits per heavy atom. The van der Waals surface area contributed by atoms with Gasteiger partial charge in [0.05, 0.1) is 18.8 Å². The van der Waals surface area contributed by atoms with Gasteiger partial charge in [-0.05, 0) is 55.5 Å². The Bertz CT molecular complexity index is 568. The summed E-state index contributed by atoms with van der Waals surface area (Å²) >= 11 is 0. The number of ether oxygens (including phenoxy) is 2. The molecule has 0 heterocycles. The van der Waals surface area contributed by atoms with Gasteiger partial charge in [-0.25, -0.2) is 4.79 Å². The maximum atomic E-state index is 12.2. The number of amides is 1. The number of carbonyl (C=O) groups excluding carboxylic acids is 2. The van der Waals surface area contributed by atoms with E-state index in [2.05, 4.69) is 25.7 Å². The first-order valence-corrected chi connectivity index (χ1v) is 9.90. The van der Waals surface area contributed by atoms with Gasteiger partial charge in [0.15, 0.2) is 0 Å². The molecule has 150 valence electrons. The van der Waals surface area contributed by atoms with E-state index in [9.17, 15) is 9.59 Å². The van der Waals surface area contributed by atoms with Crippen LogP contribution in [-0.4, -0.2) is 31.6 Å². The lowest BCUT2D eigenvalue weighted by Gasteiger charge is -2.14. The normalized spacial score (nSPS) is 11.5. The minimum Gasteiger partial charge on any atom is -0.494 e. The molecule has 5 heteroatoms. The van der Waals surface area contributed by atoms with Gasteiger partial charge in [0, 0.05) is 6.54 Å². The van der Waals surface area contributed by atoms with Crippen LogP contribution in [0.1, 0.15) is 62.7 Å². The van der Waals surface area contributed by atoms with Crippen molar-refractivity contribution in [3.63, 3.8) is 0 Å². The highest BCUT2D eigenvalue weighted by atomic mass is 16.5. The van der Waals surface area contributed by atoms with Crippen LogP contribution in [0.3, 0.4) is 0 Å². The van der Waals surface area contributed by atoms with Crippen molar-refractivity contribution in [1.82, 2.24) is 5.32 Å². The molecule has 0 saturated heterocycles. The van der Waals surface area contributed by atoms with Gasteiger partial charge in [-0.1, -0.05) is 39.7 Å². The summed E-state index contributed by atoms with van der Waals surface area (Å²) < 4.78 is 11.1. The Hall–Kier alpha value is -2.30. The molecule has 1 unspecified atom stereocenters. The predicted molar refractivity (Wildman–Crippen MR) is 108 cm³/mol. The summed E-state index contributed by atoms with van der Waals surface area (Å²) in [5.74, 6) is 0.715. The minimum absolute atomic E-state index is 0.158. The van der Waals surface area contributed by atoms with Crippen molar-refractivity contribution in [2.45, 2.75) is 52.4 Å². The molecule has 1 amide bonds. The van der Waals surface area contributed by atoms with E-state index in [-0.39, 0.29) is 11.9 Å². The van der Waals surface area contributed by atoms with Crippen LogP contribution in [0.4, 0.5) is 0 Å². The summed E-state index contributed by atoms with van der Waals surface area (Å²) in [7, 11) is 0. The van der Waals surface area contributed by atoms with Gasteiger partial charge in [-0.3, -0.25) is 4.79 Å². The molecule has 5 nitrogen and oxygen atoms in total. The molecule has 1 atom stereocenters. The molecule has 1 rings (SSSR count). The van der Waals surface area contributed by atoms with E-state index in [0.717, 1.165) is 37.9 Å². The number of benzene rings is 1. The highest BCUT2D eigenvalue weighted by molar-refractivity contribution is 5.89. The lowest BCUT2D eigenvalue weighted by molar-refractivity contribution is -0.116. The number of unbranched alkanes of at least 4 members (excludes halogenated alkanes) is 2. The third-order valence-electron chi connectivity index (χ3n) is 4.41. The van der Waals surface area contributed by atoms with Crippen molar-refractivity contribution >= 4 is 11.9 Å². The van der Waals surface area contributed by atoms with E-state index in [0.29, 0.717) is 31.2 Å². The third-order valence-corrected chi connectivity index (χ3v) is 4.41. The molecule has 0 bridgehead atoms. The monoisotopic (exact) mass is 375 g/mol. The molecule has 1 aromatic carbocycles. The highest BCUT2D eigenvalue weighted by Gasteiger charge is 2.12. The largest absolute Gasteiger partial charge is 0.494 e. The van der Waals surface area contributed by atoms with Crippen molar-refractivity contribution < 1.29 is 19.1 Å². The molecule has 1 N–H and O–H groups in total. The number of hydrogen-bond acceptors (Lipinski definition) is 4. The molecule has 0 fully saturated rings. The Morgan fingerprint density at radius 1 is 1.15 bits per heavy atom. The van der Waals surface area contributed by atoms with Crippen LogP contribution in [-0.2, 0) is 9.53 Å². The maximum absolute atomic E-state index is 12.2. The van der Waals surface area contributed by atoms with Crippen LogP contribution in [0.5, 0.6) is 5.75 Å². The first-order valence-electron chi connectivity index (χ1n) is 9.90. The number of nitrogens with one attached hydrogen (secondary N) is 1. The fourth-order valence-electron chi connectivity index (χ4n) is 2.56. The van der Waals surface area contributed by atoms with E-state index >= 15 is 0 Å². The number of esters is 1. The zero-order valence-electron chi connectivity index (χ0n) is 16.7. The molecular formula is C22H33NO4. The molecule has 1 aromatic rings. The van der Waals surface area contributed by atoms with Gasteiger partial charge in [0.1, 0.15) is 5.75 Å². The Balaban J connectivity index is 2.28. The van der Waals surface area contributed by atoms with E-state index in [1.54, 1.807) is 24.3 Å². The Kier molecular flexibility index (Phi) is 11.7. The number of carbonyl (C=O) groups is 2. The van der Waals surface area contributed by atoms with Crippen LogP contribution in [0.25, 0.3) is 0 Å². The van der Waals surface area contributed by atoms with Crippen LogP contribution < -0.4 is 10.1 Å². The van der Waals surface area contributed by atoms with E-state index < -0.39 is 0 Å². The molecule has 0 radical (unpaired) electrons. The molecule has 0 spiro atoms. The molecule has 0 aliphatic carbocycles. The molecule has 0 aromatic heterocycles. The summed E-state index contributed by atoms with van der Waals surface area (Å²) in [6, 6.07) is 7.03. The minimum atomic E-state index is -0.283. The van der Waals surface area contributed by atoms with Crippen molar-refractivity contribution in [2.24, 2.45) is 5.92 Å². The number of rotatable bonds is 14. The van der Waals surface area contributed by atoms with Crippen molar-refractivity contribution in [2.75, 3.05) is 19.8 Å². The zero-order chi connectivity index (χ0) is 19.9. The van der Waals surface area contributed by atoms with Crippen LogP contribution in [0.2, 0.25) is 0 Å². The van der Waals surface area contributed by atoms with E-state index in [1.807, 2.05) is 0 Å². The highest BCUT2D eigenvalue weighted by Crippen LogP contribution is 2.16. The van der Waals surface area contributed by atoms with Gasteiger partial charge >= 0.3 is 5.97 Å². The summed E-state index contributed by atoms with van der Waals surface area (Å²) in [4.78, 5) is 23.2. The molecule has 0 aliphatic heterocycles. The summed E-state index contributed by atoms with van der Waals surface area (Å²) in [6.45, 7) is 9.35. The average Bonchev–Trinajstić information content (AvgIpc) is 2.70. The molecule has 0 saturated carbocycles. The van der Waals surface area contributed by atoms with Crippen LogP contribution in [0.15, 0.2) is 36.9 Å². The van der Waals surface area contributed by atoms with Gasteiger partial charge < -0.3 is 14.8 Å². The van der Waals surface area contributed by atoms with Crippen molar-refractivity contribution in [3.05, 3.63) is 42.5 Å². The second-order valence-electron chi connectivity index (χ2n) is 6.59. The van der Waals surface area contributed by atoms with Crippen molar-refractivity contribution in [3.8, 4) is 5.75 Å². The maximum Gasteiger partial charge on any atom is 0.338 e. The zero-order valence-corrected chi connectivity index (χ0v) is 16.7. The Morgan fingerprint density at radius 2 is 1.89 bits per heavy atom. The topological polar surface area (TPSA) is 64.6 Å². The lowest BCUT2D eigenvalue weighted by Crippen LogP contribution is -2.22. The van der Waals surface area contributed by atoms with Gasteiger partial charge in [0.25, 0.3) is 0 Å². The van der Waals surface area contributed by atoms with E-state index in [1.165, 1.54) is 12.5 Å². The first kappa shape index (κ1) is 22.7. The average molecular weight is 376 g/mol. The van der Waals surface area contributed by atoms with Gasteiger partial charge in [-0.2, -0.15) is 0 Å². The molecule has 0 aliphatic rings. The smallest absolute Gasteiger partial charge is 0.338 e. The molecule has 27 heavy (non-hydrogen) atoms.